The first kappa shape index (κ1) is 16.4. The number of hydrogen-bond acceptors (Lipinski definition) is 9. The third kappa shape index (κ3) is 2.76. The number of aliphatic hydroxyl groups excluding tert-OH is 3. The van der Waals surface area contributed by atoms with E-state index in [0.29, 0.717) is 16.3 Å². The highest BCUT2D eigenvalue weighted by Crippen LogP contribution is 2.31. The molecule has 0 aromatic carbocycles. The highest BCUT2D eigenvalue weighted by Gasteiger charge is 2.43. The fraction of sp³-hybridized carbons (Fsp3) is 0.615. The van der Waals surface area contributed by atoms with Gasteiger partial charge in [-0.3, -0.25) is 4.57 Å². The molecule has 2 aromatic heterocycles. The van der Waals surface area contributed by atoms with Crippen LogP contribution in [0.5, 0.6) is 0 Å². The zero-order valence-electron chi connectivity index (χ0n) is 12.7. The largest absolute Gasteiger partial charge is 0.388 e. The molecule has 0 bridgehead atoms. The number of nitrogen functional groups attached to an aromatic ring is 1. The SMILES string of the molecule is CCSc1nc(N)c2ncn(C3OC(C)C(O)C(O)C3O)c2n1. The molecule has 3 heterocycles. The summed E-state index contributed by atoms with van der Waals surface area (Å²) in [5, 5.41) is 30.5. The van der Waals surface area contributed by atoms with Gasteiger partial charge in [0.05, 0.1) is 12.4 Å². The molecule has 1 aliphatic rings. The number of imidazole rings is 1. The highest BCUT2D eigenvalue weighted by atomic mass is 32.2. The van der Waals surface area contributed by atoms with Gasteiger partial charge in [0.1, 0.15) is 23.8 Å². The Balaban J connectivity index is 2.05. The van der Waals surface area contributed by atoms with Gasteiger partial charge in [-0.2, -0.15) is 0 Å². The molecule has 5 atom stereocenters. The summed E-state index contributed by atoms with van der Waals surface area (Å²) in [4.78, 5) is 12.7. The summed E-state index contributed by atoms with van der Waals surface area (Å²) in [6.07, 6.45) is -3.97. The van der Waals surface area contributed by atoms with Gasteiger partial charge in [0, 0.05) is 0 Å². The number of ether oxygens (including phenoxy) is 1. The number of anilines is 1. The number of aromatic nitrogens is 4. The maximum Gasteiger partial charge on any atom is 0.191 e. The van der Waals surface area contributed by atoms with E-state index in [-0.39, 0.29) is 5.82 Å². The molecule has 0 radical (unpaired) electrons. The lowest BCUT2D eigenvalue weighted by Gasteiger charge is -2.39. The molecule has 5 N–H and O–H groups in total. The average molecular weight is 341 g/mol. The molecule has 2 aromatic rings. The van der Waals surface area contributed by atoms with Gasteiger partial charge < -0.3 is 25.8 Å². The van der Waals surface area contributed by atoms with Crippen LogP contribution in [0.4, 0.5) is 5.82 Å². The summed E-state index contributed by atoms with van der Waals surface area (Å²) < 4.78 is 7.13. The molecule has 3 rings (SSSR count). The zero-order valence-corrected chi connectivity index (χ0v) is 13.5. The molecule has 1 saturated heterocycles. The number of thioether (sulfide) groups is 1. The molecule has 0 amide bonds. The summed E-state index contributed by atoms with van der Waals surface area (Å²) in [6, 6.07) is 0. The summed E-state index contributed by atoms with van der Waals surface area (Å²) in [6.45, 7) is 3.59. The molecule has 5 unspecified atom stereocenters. The normalized spacial score (nSPS) is 31.6. The van der Waals surface area contributed by atoms with E-state index in [1.165, 1.54) is 22.7 Å². The van der Waals surface area contributed by atoms with Crippen LogP contribution in [0.3, 0.4) is 0 Å². The van der Waals surface area contributed by atoms with Gasteiger partial charge in [0.15, 0.2) is 22.8 Å². The van der Waals surface area contributed by atoms with E-state index < -0.39 is 30.6 Å². The molecule has 0 aliphatic carbocycles. The number of nitrogens with zero attached hydrogens (tertiary/aromatic N) is 4. The van der Waals surface area contributed by atoms with Crippen LogP contribution in [-0.4, -0.2) is 65.0 Å². The Morgan fingerprint density at radius 3 is 2.70 bits per heavy atom. The van der Waals surface area contributed by atoms with Crippen molar-refractivity contribution < 1.29 is 20.1 Å². The fourth-order valence-corrected chi connectivity index (χ4v) is 3.13. The van der Waals surface area contributed by atoms with Crippen LogP contribution in [0.2, 0.25) is 0 Å². The van der Waals surface area contributed by atoms with Gasteiger partial charge in [-0.25, -0.2) is 15.0 Å². The van der Waals surface area contributed by atoms with Crippen LogP contribution in [0.1, 0.15) is 20.1 Å². The quantitative estimate of drug-likeness (QED) is 0.430. The fourth-order valence-electron chi connectivity index (χ4n) is 2.56. The van der Waals surface area contributed by atoms with E-state index >= 15 is 0 Å². The molecule has 1 fully saturated rings. The minimum Gasteiger partial charge on any atom is -0.388 e. The first-order chi connectivity index (χ1) is 10.9. The van der Waals surface area contributed by atoms with Crippen LogP contribution in [0, 0.1) is 0 Å². The van der Waals surface area contributed by atoms with Crippen molar-refractivity contribution in [3.8, 4) is 0 Å². The molecular weight excluding hydrogens is 322 g/mol. The van der Waals surface area contributed by atoms with Crippen molar-refractivity contribution in [3.05, 3.63) is 6.33 Å². The standard InChI is InChI=1S/C13H19N5O4S/c1-3-23-13-16-10(14)6-11(17-13)18(4-15-6)12-9(21)8(20)7(19)5(2)22-12/h4-5,7-9,12,19-21H,3H2,1-2H3,(H2,14,16,17). The molecule has 0 saturated carbocycles. The van der Waals surface area contributed by atoms with Crippen LogP contribution in [-0.2, 0) is 4.74 Å². The van der Waals surface area contributed by atoms with Crippen molar-refractivity contribution >= 4 is 28.7 Å². The van der Waals surface area contributed by atoms with E-state index in [4.69, 9.17) is 10.5 Å². The minimum absolute atomic E-state index is 0.239. The third-order valence-electron chi connectivity index (χ3n) is 3.80. The van der Waals surface area contributed by atoms with Crippen LogP contribution < -0.4 is 5.73 Å². The van der Waals surface area contributed by atoms with E-state index in [0.717, 1.165) is 5.75 Å². The van der Waals surface area contributed by atoms with Gasteiger partial charge in [-0.05, 0) is 12.7 Å². The first-order valence-corrected chi connectivity index (χ1v) is 8.25. The molecule has 23 heavy (non-hydrogen) atoms. The maximum atomic E-state index is 10.2. The second-order valence-corrected chi connectivity index (χ2v) is 6.58. The molecule has 0 spiro atoms. The molecular formula is C13H19N5O4S. The lowest BCUT2D eigenvalue weighted by atomic mass is 9.99. The molecule has 126 valence electrons. The summed E-state index contributed by atoms with van der Waals surface area (Å²) in [5.74, 6) is 1.02. The second-order valence-electron chi connectivity index (χ2n) is 5.35. The zero-order chi connectivity index (χ0) is 16.7. The van der Waals surface area contributed by atoms with Crippen LogP contribution in [0.15, 0.2) is 11.5 Å². The molecule has 10 heteroatoms. The van der Waals surface area contributed by atoms with Gasteiger partial charge >= 0.3 is 0 Å². The highest BCUT2D eigenvalue weighted by molar-refractivity contribution is 7.99. The van der Waals surface area contributed by atoms with Gasteiger partial charge in [-0.15, -0.1) is 0 Å². The van der Waals surface area contributed by atoms with Crippen molar-refractivity contribution in [1.29, 1.82) is 0 Å². The Hall–Kier alpha value is -1.46. The number of aliphatic hydroxyl groups is 3. The minimum atomic E-state index is -1.33. The van der Waals surface area contributed by atoms with Crippen molar-refractivity contribution in [1.82, 2.24) is 19.5 Å². The Labute approximate surface area is 136 Å². The monoisotopic (exact) mass is 341 g/mol. The van der Waals surface area contributed by atoms with E-state index in [2.05, 4.69) is 15.0 Å². The van der Waals surface area contributed by atoms with Crippen molar-refractivity contribution in [3.63, 3.8) is 0 Å². The smallest absolute Gasteiger partial charge is 0.191 e. The number of rotatable bonds is 3. The lowest BCUT2D eigenvalue weighted by molar-refractivity contribution is -0.239. The topological polar surface area (TPSA) is 140 Å². The van der Waals surface area contributed by atoms with Crippen LogP contribution >= 0.6 is 11.8 Å². The maximum absolute atomic E-state index is 10.2. The Kier molecular flexibility index (Phi) is 4.43. The van der Waals surface area contributed by atoms with E-state index in [1.54, 1.807) is 6.92 Å². The molecule has 9 nitrogen and oxygen atoms in total. The number of hydrogen-bond donors (Lipinski definition) is 4. The second kappa shape index (κ2) is 6.21. The average Bonchev–Trinajstić information content (AvgIpc) is 2.93. The first-order valence-electron chi connectivity index (χ1n) is 7.26. The Morgan fingerprint density at radius 2 is 2.00 bits per heavy atom. The van der Waals surface area contributed by atoms with E-state index in [1.807, 2.05) is 6.92 Å². The predicted molar refractivity (Wildman–Crippen MR) is 83.7 cm³/mol. The van der Waals surface area contributed by atoms with E-state index in [9.17, 15) is 15.3 Å². The summed E-state index contributed by atoms with van der Waals surface area (Å²) in [5.41, 5.74) is 6.72. The van der Waals surface area contributed by atoms with Gasteiger partial charge in [-0.1, -0.05) is 18.7 Å². The Bertz CT molecular complexity index is 711. The number of nitrogens with two attached hydrogens (primary N) is 1. The van der Waals surface area contributed by atoms with Crippen molar-refractivity contribution in [2.75, 3.05) is 11.5 Å². The summed E-state index contributed by atoms with van der Waals surface area (Å²) >= 11 is 1.43. The summed E-state index contributed by atoms with van der Waals surface area (Å²) in [7, 11) is 0. The lowest BCUT2D eigenvalue weighted by Crippen LogP contribution is -2.54. The van der Waals surface area contributed by atoms with Gasteiger partial charge in [0.2, 0.25) is 0 Å². The van der Waals surface area contributed by atoms with Crippen molar-refractivity contribution in [2.45, 2.75) is 49.6 Å². The predicted octanol–water partition coefficient (Wildman–Crippen LogP) is -0.480. The van der Waals surface area contributed by atoms with Gasteiger partial charge in [0.25, 0.3) is 0 Å². The molecule has 1 aliphatic heterocycles. The number of fused-ring (bicyclic) bond motifs is 1. The Morgan fingerprint density at radius 1 is 1.26 bits per heavy atom. The van der Waals surface area contributed by atoms with Crippen molar-refractivity contribution in [2.24, 2.45) is 0 Å². The third-order valence-corrected chi connectivity index (χ3v) is 4.53. The van der Waals surface area contributed by atoms with Crippen LogP contribution in [0.25, 0.3) is 11.2 Å².